The first-order valence-corrected chi connectivity index (χ1v) is 8.43. The number of ether oxygens (including phenoxy) is 1. The van der Waals surface area contributed by atoms with Crippen LogP contribution in [0.4, 0.5) is 10.2 Å². The summed E-state index contributed by atoms with van der Waals surface area (Å²) in [5, 5.41) is 10.6. The highest BCUT2D eigenvalue weighted by atomic mass is 19.1. The molecule has 0 saturated carbocycles. The Hall–Kier alpha value is -3.81. The van der Waals surface area contributed by atoms with Crippen molar-refractivity contribution in [2.24, 2.45) is 0 Å². The van der Waals surface area contributed by atoms with Gasteiger partial charge < -0.3 is 14.6 Å². The van der Waals surface area contributed by atoms with E-state index in [9.17, 15) is 9.18 Å². The third-order valence-electron chi connectivity index (χ3n) is 3.70. The number of anilines is 1. The van der Waals surface area contributed by atoms with Gasteiger partial charge in [-0.25, -0.2) is 9.37 Å². The highest BCUT2D eigenvalue weighted by molar-refractivity contribution is 6.05. The highest BCUT2D eigenvalue weighted by Crippen LogP contribution is 2.22. The van der Waals surface area contributed by atoms with Gasteiger partial charge in [0.2, 0.25) is 0 Å². The van der Waals surface area contributed by atoms with Crippen molar-refractivity contribution in [3.8, 4) is 17.3 Å². The van der Waals surface area contributed by atoms with Crippen LogP contribution in [0, 0.1) is 5.82 Å². The molecule has 0 saturated heterocycles. The number of rotatable bonds is 8. The van der Waals surface area contributed by atoms with Gasteiger partial charge in [0, 0.05) is 6.54 Å². The Morgan fingerprint density at radius 3 is 2.89 bits per heavy atom. The number of aromatic nitrogens is 4. The van der Waals surface area contributed by atoms with Gasteiger partial charge in [-0.2, -0.15) is 0 Å². The summed E-state index contributed by atoms with van der Waals surface area (Å²) < 4.78 is 20.8. The number of carbonyl (C=O) groups excluding carboxylic acids is 1. The number of pyridine rings is 1. The molecule has 0 unspecified atom stereocenters. The summed E-state index contributed by atoms with van der Waals surface area (Å²) in [6.07, 6.45) is 4.82. The second-order valence-electron chi connectivity index (χ2n) is 5.70. The number of benzene rings is 1. The van der Waals surface area contributed by atoms with Gasteiger partial charge in [-0.1, -0.05) is 24.8 Å². The second kappa shape index (κ2) is 8.72. The van der Waals surface area contributed by atoms with Crippen LogP contribution in [-0.4, -0.2) is 32.3 Å². The Balaban J connectivity index is 1.85. The topological polar surface area (TPSA) is 81.9 Å². The Labute approximate surface area is 161 Å². The van der Waals surface area contributed by atoms with E-state index in [-0.39, 0.29) is 23.7 Å². The molecular weight excluding hydrogens is 361 g/mol. The molecule has 2 heterocycles. The number of nitrogens with one attached hydrogen (secondary N) is 1. The van der Waals surface area contributed by atoms with Crippen molar-refractivity contribution >= 4 is 11.7 Å². The summed E-state index contributed by atoms with van der Waals surface area (Å²) >= 11 is 0. The molecule has 0 bridgehead atoms. The first-order valence-electron chi connectivity index (χ1n) is 8.43. The van der Waals surface area contributed by atoms with Crippen LogP contribution in [0.5, 0.6) is 5.75 Å². The zero-order valence-corrected chi connectivity index (χ0v) is 15.0. The van der Waals surface area contributed by atoms with E-state index in [1.54, 1.807) is 35.2 Å². The van der Waals surface area contributed by atoms with Crippen LogP contribution in [-0.2, 0) is 6.54 Å². The molecule has 7 nitrogen and oxygen atoms in total. The molecule has 1 N–H and O–H groups in total. The minimum absolute atomic E-state index is 0.0591. The molecule has 0 spiro atoms. The Kier molecular flexibility index (Phi) is 5.91. The molecule has 1 amide bonds. The van der Waals surface area contributed by atoms with Gasteiger partial charge in [-0.3, -0.25) is 4.79 Å². The van der Waals surface area contributed by atoms with Crippen LogP contribution in [0.25, 0.3) is 11.5 Å². The molecule has 0 fully saturated rings. The quantitative estimate of drug-likeness (QED) is 0.606. The zero-order chi connectivity index (χ0) is 19.9. The van der Waals surface area contributed by atoms with Crippen molar-refractivity contribution < 1.29 is 13.9 Å². The van der Waals surface area contributed by atoms with Crippen LogP contribution in [0.3, 0.4) is 0 Å². The number of allylic oxidation sites excluding steroid dienone is 1. The van der Waals surface area contributed by atoms with Crippen molar-refractivity contribution in [1.29, 1.82) is 0 Å². The molecule has 8 heteroatoms. The van der Waals surface area contributed by atoms with Gasteiger partial charge in [-0.05, 0) is 30.3 Å². The average molecular weight is 379 g/mol. The number of hydrogen-bond donors (Lipinski definition) is 1. The maximum Gasteiger partial charge on any atom is 0.260 e. The van der Waals surface area contributed by atoms with E-state index in [2.05, 4.69) is 33.7 Å². The minimum Gasteiger partial charge on any atom is -0.489 e. The first-order chi connectivity index (χ1) is 13.6. The molecule has 1 aromatic carbocycles. The molecule has 0 aliphatic carbocycles. The third kappa shape index (κ3) is 4.29. The lowest BCUT2D eigenvalue weighted by atomic mass is 10.2. The van der Waals surface area contributed by atoms with Crippen LogP contribution in [0.15, 0.2) is 68.0 Å². The number of amides is 1. The van der Waals surface area contributed by atoms with Crippen LogP contribution in [0.1, 0.15) is 10.4 Å². The van der Waals surface area contributed by atoms with Gasteiger partial charge in [0.1, 0.15) is 36.0 Å². The fraction of sp³-hybridized carbons (Fsp3) is 0.100. The highest BCUT2D eigenvalue weighted by Gasteiger charge is 2.16. The summed E-state index contributed by atoms with van der Waals surface area (Å²) in [6.45, 7) is 7.97. The van der Waals surface area contributed by atoms with E-state index in [0.29, 0.717) is 18.1 Å². The summed E-state index contributed by atoms with van der Waals surface area (Å²) in [5.74, 6) is -0.0156. The second-order valence-corrected chi connectivity index (χ2v) is 5.70. The Morgan fingerprint density at radius 1 is 1.25 bits per heavy atom. The van der Waals surface area contributed by atoms with Gasteiger partial charge in [0.05, 0.1) is 5.56 Å². The molecule has 3 rings (SSSR count). The van der Waals surface area contributed by atoms with E-state index in [0.717, 1.165) is 6.07 Å². The Morgan fingerprint density at radius 2 is 2.11 bits per heavy atom. The van der Waals surface area contributed by atoms with Crippen LogP contribution in [0.2, 0.25) is 0 Å². The molecule has 2 aromatic heterocycles. The molecular formula is C20H18FN5O2. The maximum atomic E-state index is 13.6. The smallest absolute Gasteiger partial charge is 0.260 e. The summed E-state index contributed by atoms with van der Waals surface area (Å²) in [4.78, 5) is 17.0. The number of nitrogens with zero attached hydrogens (tertiary/aromatic N) is 4. The largest absolute Gasteiger partial charge is 0.489 e. The van der Waals surface area contributed by atoms with Gasteiger partial charge >= 0.3 is 0 Å². The monoisotopic (exact) mass is 379 g/mol. The zero-order valence-electron chi connectivity index (χ0n) is 15.0. The van der Waals surface area contributed by atoms with Gasteiger partial charge in [0.25, 0.3) is 5.91 Å². The molecule has 142 valence electrons. The van der Waals surface area contributed by atoms with E-state index < -0.39 is 11.7 Å². The van der Waals surface area contributed by atoms with Crippen molar-refractivity contribution in [3.05, 3.63) is 79.4 Å². The number of hydrogen-bond acceptors (Lipinski definition) is 5. The predicted molar refractivity (Wildman–Crippen MR) is 103 cm³/mol. The fourth-order valence-corrected chi connectivity index (χ4v) is 2.49. The van der Waals surface area contributed by atoms with E-state index in [4.69, 9.17) is 4.74 Å². The summed E-state index contributed by atoms with van der Waals surface area (Å²) in [7, 11) is 0. The van der Waals surface area contributed by atoms with Crippen molar-refractivity contribution in [2.75, 3.05) is 11.9 Å². The molecule has 28 heavy (non-hydrogen) atoms. The average Bonchev–Trinajstić information content (AvgIpc) is 3.16. The van der Waals surface area contributed by atoms with Crippen molar-refractivity contribution in [1.82, 2.24) is 19.7 Å². The fourth-order valence-electron chi connectivity index (χ4n) is 2.49. The predicted octanol–water partition coefficient (Wildman–Crippen LogP) is 3.48. The summed E-state index contributed by atoms with van der Waals surface area (Å²) in [5.41, 5.74) is 0.586. The van der Waals surface area contributed by atoms with Crippen LogP contribution < -0.4 is 10.1 Å². The van der Waals surface area contributed by atoms with Gasteiger partial charge in [0.15, 0.2) is 5.82 Å². The standard InChI is InChI=1S/C20H18FN5O2/c1-3-10-26-13-22-25-19(26)16-6-5-7-18(23-16)24-20(27)15-12-14(21)8-9-17(15)28-11-4-2/h3-9,12-13H,1-2,10-11H2,(H,23,24,27). The SMILES string of the molecule is C=CCOc1ccc(F)cc1C(=O)Nc1cccc(-c2nncn2CC=C)n1. The van der Waals surface area contributed by atoms with E-state index >= 15 is 0 Å². The molecule has 0 aliphatic heterocycles. The van der Waals surface area contributed by atoms with Gasteiger partial charge in [-0.15, -0.1) is 16.8 Å². The van der Waals surface area contributed by atoms with E-state index in [1.807, 2.05) is 0 Å². The molecule has 0 aliphatic rings. The van der Waals surface area contributed by atoms with E-state index in [1.165, 1.54) is 18.2 Å². The van der Waals surface area contributed by atoms with Crippen LogP contribution >= 0.6 is 0 Å². The number of carbonyl (C=O) groups is 1. The first kappa shape index (κ1) is 19.0. The normalized spacial score (nSPS) is 10.3. The molecule has 0 radical (unpaired) electrons. The third-order valence-corrected chi connectivity index (χ3v) is 3.70. The molecule has 3 aromatic rings. The Bertz CT molecular complexity index is 1020. The summed E-state index contributed by atoms with van der Waals surface area (Å²) in [6, 6.07) is 8.83. The minimum atomic E-state index is -0.546. The lowest BCUT2D eigenvalue weighted by Crippen LogP contribution is -2.15. The lowest BCUT2D eigenvalue weighted by molar-refractivity contribution is 0.102. The van der Waals surface area contributed by atoms with Crippen molar-refractivity contribution in [2.45, 2.75) is 6.54 Å². The molecule has 0 atom stereocenters. The lowest BCUT2D eigenvalue weighted by Gasteiger charge is -2.11. The van der Waals surface area contributed by atoms with Crippen molar-refractivity contribution in [3.63, 3.8) is 0 Å². The maximum absolute atomic E-state index is 13.6. The number of halogens is 1.